The van der Waals surface area contributed by atoms with Crippen molar-refractivity contribution in [3.8, 4) is 0 Å². The smallest absolute Gasteiger partial charge is 0.410 e. The second-order valence-corrected chi connectivity index (χ2v) is 6.38. The van der Waals surface area contributed by atoms with E-state index < -0.39 is 0 Å². The maximum absolute atomic E-state index is 11.9. The molecule has 1 saturated heterocycles. The number of carbonyl (C=O) groups excluding carboxylic acids is 1. The summed E-state index contributed by atoms with van der Waals surface area (Å²) in [4.78, 5) is 14.3. The normalized spacial score (nSPS) is 20.1. The lowest BCUT2D eigenvalue weighted by Crippen LogP contribution is -2.65. The maximum Gasteiger partial charge on any atom is 0.410 e. The van der Waals surface area contributed by atoms with Crippen LogP contribution in [0.2, 0.25) is 0 Å². The second kappa shape index (κ2) is 5.05. The van der Waals surface area contributed by atoms with Gasteiger partial charge in [-0.2, -0.15) is 0 Å². The molecule has 5 heteroatoms. The van der Waals surface area contributed by atoms with Gasteiger partial charge in [-0.15, -0.1) is 0 Å². The minimum absolute atomic E-state index is 0.224. The van der Waals surface area contributed by atoms with E-state index >= 15 is 0 Å². The van der Waals surface area contributed by atoms with Gasteiger partial charge < -0.3 is 15.4 Å². The molecular weight excluding hydrogens is 272 g/mol. The van der Waals surface area contributed by atoms with Crippen molar-refractivity contribution < 1.29 is 9.53 Å². The Morgan fingerprint density at radius 1 is 1.35 bits per heavy atom. The topological polar surface area (TPSA) is 55.6 Å². The van der Waals surface area contributed by atoms with Gasteiger partial charge in [0.05, 0.1) is 4.99 Å². The second-order valence-electron chi connectivity index (χ2n) is 5.90. The van der Waals surface area contributed by atoms with E-state index in [1.807, 2.05) is 30.3 Å². The van der Waals surface area contributed by atoms with E-state index in [1.165, 1.54) is 0 Å². The lowest BCUT2D eigenvalue weighted by molar-refractivity contribution is -0.0689. The Balaban J connectivity index is 1.42. The average molecular weight is 290 g/mol. The fourth-order valence-corrected chi connectivity index (χ4v) is 3.31. The molecule has 3 rings (SSSR count). The molecule has 2 fully saturated rings. The molecule has 1 spiro atoms. The quantitative estimate of drug-likeness (QED) is 0.868. The van der Waals surface area contributed by atoms with Crippen LogP contribution in [0.15, 0.2) is 30.3 Å². The van der Waals surface area contributed by atoms with Gasteiger partial charge in [0.25, 0.3) is 0 Å². The number of nitrogens with two attached hydrogens (primary N) is 1. The molecule has 0 aromatic heterocycles. The van der Waals surface area contributed by atoms with Gasteiger partial charge in [0.2, 0.25) is 0 Å². The zero-order valence-corrected chi connectivity index (χ0v) is 12.1. The molecule has 2 aliphatic rings. The molecule has 0 atom stereocenters. The number of benzene rings is 1. The molecule has 20 heavy (non-hydrogen) atoms. The summed E-state index contributed by atoms with van der Waals surface area (Å²) in [7, 11) is 0. The largest absolute Gasteiger partial charge is 0.445 e. The van der Waals surface area contributed by atoms with Crippen molar-refractivity contribution in [3.05, 3.63) is 35.9 Å². The molecule has 2 N–H and O–H groups in total. The Kier molecular flexibility index (Phi) is 3.38. The van der Waals surface area contributed by atoms with E-state index in [0.29, 0.717) is 17.5 Å². The van der Waals surface area contributed by atoms with Gasteiger partial charge in [-0.3, -0.25) is 0 Å². The van der Waals surface area contributed by atoms with Gasteiger partial charge in [-0.05, 0) is 18.4 Å². The first-order valence-electron chi connectivity index (χ1n) is 6.83. The standard InChI is InChI=1S/C15H18N2O2S/c16-13(20)12-6-15(7-12)9-17(10-15)14(18)19-8-11-4-2-1-3-5-11/h1-5,12H,6-10H2,(H2,16,20). The lowest BCUT2D eigenvalue weighted by atomic mass is 9.58. The molecule has 106 valence electrons. The number of thiocarbonyl (C=S) groups is 1. The molecule has 0 radical (unpaired) electrons. The molecule has 1 heterocycles. The maximum atomic E-state index is 11.9. The van der Waals surface area contributed by atoms with Gasteiger partial charge in [-0.25, -0.2) is 4.79 Å². The number of amides is 1. The Labute approximate surface area is 123 Å². The fourth-order valence-electron chi connectivity index (χ4n) is 3.15. The molecule has 1 saturated carbocycles. The third-order valence-electron chi connectivity index (χ3n) is 4.28. The fraction of sp³-hybridized carbons (Fsp3) is 0.467. The van der Waals surface area contributed by atoms with Gasteiger partial charge >= 0.3 is 6.09 Å². The van der Waals surface area contributed by atoms with Crippen LogP contribution in [0.25, 0.3) is 0 Å². The van der Waals surface area contributed by atoms with E-state index in [1.54, 1.807) is 4.90 Å². The lowest BCUT2D eigenvalue weighted by Gasteiger charge is -2.58. The van der Waals surface area contributed by atoms with Crippen molar-refractivity contribution in [2.24, 2.45) is 17.1 Å². The molecule has 0 bridgehead atoms. The highest BCUT2D eigenvalue weighted by atomic mass is 32.1. The Morgan fingerprint density at radius 3 is 2.60 bits per heavy atom. The minimum atomic E-state index is -0.224. The summed E-state index contributed by atoms with van der Waals surface area (Å²) in [6.45, 7) is 1.89. The van der Waals surface area contributed by atoms with Crippen LogP contribution in [0.5, 0.6) is 0 Å². The SMILES string of the molecule is NC(=S)C1CC2(C1)CN(C(=O)OCc1ccccc1)C2. The van der Waals surface area contributed by atoms with Gasteiger partial charge in [0.1, 0.15) is 6.61 Å². The van der Waals surface area contributed by atoms with Crippen LogP contribution >= 0.6 is 12.2 Å². The van der Waals surface area contributed by atoms with Crippen LogP contribution in [-0.4, -0.2) is 29.1 Å². The molecule has 1 amide bonds. The van der Waals surface area contributed by atoms with Crippen molar-refractivity contribution in [2.45, 2.75) is 19.4 Å². The van der Waals surface area contributed by atoms with Gasteiger partial charge in [0.15, 0.2) is 0 Å². The predicted molar refractivity (Wildman–Crippen MR) is 80.1 cm³/mol. The summed E-state index contributed by atoms with van der Waals surface area (Å²) in [5.41, 5.74) is 6.90. The number of hydrogen-bond donors (Lipinski definition) is 1. The van der Waals surface area contributed by atoms with Crippen molar-refractivity contribution in [2.75, 3.05) is 13.1 Å². The summed E-state index contributed by atoms with van der Waals surface area (Å²) in [5.74, 6) is 0.368. The number of carbonyl (C=O) groups is 1. The monoisotopic (exact) mass is 290 g/mol. The number of likely N-dealkylation sites (tertiary alicyclic amines) is 1. The number of nitrogens with zero attached hydrogens (tertiary/aromatic N) is 1. The highest BCUT2D eigenvalue weighted by molar-refractivity contribution is 7.80. The van der Waals surface area contributed by atoms with E-state index in [9.17, 15) is 4.79 Å². The predicted octanol–water partition coefficient (Wildman–Crippen LogP) is 2.32. The zero-order valence-electron chi connectivity index (χ0n) is 11.2. The molecule has 0 unspecified atom stereocenters. The minimum Gasteiger partial charge on any atom is -0.445 e. The van der Waals surface area contributed by atoms with Crippen LogP contribution < -0.4 is 5.73 Å². The highest BCUT2D eigenvalue weighted by Gasteiger charge is 2.54. The molecule has 1 aliphatic carbocycles. The Bertz CT molecular complexity index is 518. The number of hydrogen-bond acceptors (Lipinski definition) is 3. The third-order valence-corrected chi connectivity index (χ3v) is 4.61. The van der Waals surface area contributed by atoms with Crippen molar-refractivity contribution in [1.29, 1.82) is 0 Å². The summed E-state index contributed by atoms with van der Waals surface area (Å²) >= 11 is 4.99. The van der Waals surface area contributed by atoms with Crippen molar-refractivity contribution in [3.63, 3.8) is 0 Å². The van der Waals surface area contributed by atoms with Crippen LogP contribution in [0.4, 0.5) is 4.79 Å². The third kappa shape index (κ3) is 2.50. The Morgan fingerprint density at radius 2 is 2.00 bits per heavy atom. The van der Waals surface area contributed by atoms with E-state index in [2.05, 4.69) is 0 Å². The van der Waals surface area contributed by atoms with E-state index in [0.717, 1.165) is 31.5 Å². The van der Waals surface area contributed by atoms with Gasteiger partial charge in [0, 0.05) is 24.4 Å². The number of ether oxygens (including phenoxy) is 1. The molecule has 1 aromatic rings. The van der Waals surface area contributed by atoms with Crippen LogP contribution in [-0.2, 0) is 11.3 Å². The molecular formula is C15H18N2O2S. The van der Waals surface area contributed by atoms with Crippen LogP contribution in [0.1, 0.15) is 18.4 Å². The molecule has 1 aliphatic heterocycles. The van der Waals surface area contributed by atoms with E-state index in [-0.39, 0.29) is 11.5 Å². The molecule has 4 nitrogen and oxygen atoms in total. The van der Waals surface area contributed by atoms with Gasteiger partial charge in [-0.1, -0.05) is 42.5 Å². The summed E-state index contributed by atoms with van der Waals surface area (Å²) in [5, 5.41) is 0. The van der Waals surface area contributed by atoms with Crippen molar-refractivity contribution >= 4 is 23.3 Å². The van der Waals surface area contributed by atoms with Crippen molar-refractivity contribution in [1.82, 2.24) is 4.90 Å². The first-order valence-corrected chi connectivity index (χ1v) is 7.24. The summed E-state index contributed by atoms with van der Waals surface area (Å²) < 4.78 is 5.30. The highest BCUT2D eigenvalue weighted by Crippen LogP contribution is 2.52. The van der Waals surface area contributed by atoms with E-state index in [4.69, 9.17) is 22.7 Å². The summed E-state index contributed by atoms with van der Waals surface area (Å²) in [6.07, 6.45) is 1.81. The summed E-state index contributed by atoms with van der Waals surface area (Å²) in [6, 6.07) is 9.71. The Hall–Kier alpha value is -1.62. The molecule has 1 aromatic carbocycles. The zero-order chi connectivity index (χ0) is 14.2. The average Bonchev–Trinajstić information content (AvgIpc) is 2.34. The number of rotatable bonds is 3. The van der Waals surface area contributed by atoms with Crippen LogP contribution in [0.3, 0.4) is 0 Å². The van der Waals surface area contributed by atoms with Crippen LogP contribution in [0, 0.1) is 11.3 Å². The first-order chi connectivity index (χ1) is 9.58. The first kappa shape index (κ1) is 13.4.